The highest BCUT2D eigenvalue weighted by molar-refractivity contribution is 7.10. The molecule has 3 atom stereocenters. The zero-order chi connectivity index (χ0) is 21.1. The minimum atomic E-state index is -0.391. The molecule has 3 heterocycles. The zero-order valence-electron chi connectivity index (χ0n) is 17.8. The van der Waals surface area contributed by atoms with Crippen LogP contribution in [0.5, 0.6) is 0 Å². The normalized spacial score (nSPS) is 24.5. The summed E-state index contributed by atoms with van der Waals surface area (Å²) in [6, 6.07) is 11.3. The maximum atomic E-state index is 13.4. The molecule has 5 nitrogen and oxygen atoms in total. The van der Waals surface area contributed by atoms with Gasteiger partial charge in [0.15, 0.2) is 0 Å². The van der Waals surface area contributed by atoms with Gasteiger partial charge in [0.2, 0.25) is 5.91 Å². The third-order valence-corrected chi connectivity index (χ3v) is 7.33. The average Bonchev–Trinajstić information content (AvgIpc) is 3.28. The predicted molar refractivity (Wildman–Crippen MR) is 121 cm³/mol. The van der Waals surface area contributed by atoms with Gasteiger partial charge in [-0.25, -0.2) is 0 Å². The Morgan fingerprint density at radius 3 is 2.83 bits per heavy atom. The molecule has 0 aliphatic carbocycles. The van der Waals surface area contributed by atoms with Crippen LogP contribution in [0.3, 0.4) is 0 Å². The van der Waals surface area contributed by atoms with E-state index in [0.717, 1.165) is 35.9 Å². The molecule has 1 N–H and O–H groups in total. The van der Waals surface area contributed by atoms with Gasteiger partial charge >= 0.3 is 0 Å². The fourth-order valence-corrected chi connectivity index (χ4v) is 5.79. The number of likely N-dealkylation sites (tertiary alicyclic amines) is 1. The molecule has 30 heavy (non-hydrogen) atoms. The van der Waals surface area contributed by atoms with Gasteiger partial charge in [-0.05, 0) is 61.3 Å². The number of benzene rings is 1. The van der Waals surface area contributed by atoms with Gasteiger partial charge in [-0.2, -0.15) is 0 Å². The summed E-state index contributed by atoms with van der Waals surface area (Å²) in [5.74, 6) is 0.365. The van der Waals surface area contributed by atoms with Crippen LogP contribution in [0.1, 0.15) is 58.9 Å². The predicted octanol–water partition coefficient (Wildman–Crippen LogP) is 3.90. The van der Waals surface area contributed by atoms with E-state index in [2.05, 4.69) is 17.1 Å². The van der Waals surface area contributed by atoms with Crippen LogP contribution < -0.4 is 5.32 Å². The van der Waals surface area contributed by atoms with E-state index >= 15 is 0 Å². The first-order chi connectivity index (χ1) is 14.6. The van der Waals surface area contributed by atoms with Crippen LogP contribution in [-0.2, 0) is 4.79 Å². The second-order valence-electron chi connectivity index (χ2n) is 8.63. The van der Waals surface area contributed by atoms with Crippen molar-refractivity contribution in [1.82, 2.24) is 15.1 Å². The van der Waals surface area contributed by atoms with Crippen molar-refractivity contribution in [1.29, 1.82) is 0 Å². The summed E-state index contributed by atoms with van der Waals surface area (Å²) in [6.45, 7) is 6.34. The van der Waals surface area contributed by atoms with Gasteiger partial charge in [-0.1, -0.05) is 31.2 Å². The Bertz CT molecular complexity index is 882. The summed E-state index contributed by atoms with van der Waals surface area (Å²) in [7, 11) is 1.81. The van der Waals surface area contributed by atoms with Gasteiger partial charge in [0.1, 0.15) is 0 Å². The summed E-state index contributed by atoms with van der Waals surface area (Å²) in [5, 5.41) is 5.18. The highest BCUT2D eigenvalue weighted by atomic mass is 32.1. The Balaban J connectivity index is 1.47. The minimum Gasteiger partial charge on any atom is -0.355 e. The Morgan fingerprint density at radius 2 is 2.07 bits per heavy atom. The van der Waals surface area contributed by atoms with E-state index in [1.54, 1.807) is 23.3 Å². The van der Waals surface area contributed by atoms with Crippen LogP contribution in [0.15, 0.2) is 41.8 Å². The van der Waals surface area contributed by atoms with Crippen LogP contribution in [0.2, 0.25) is 0 Å². The molecule has 2 amide bonds. The molecule has 6 heteroatoms. The summed E-state index contributed by atoms with van der Waals surface area (Å²) in [6.07, 6.45) is 3.55. The fourth-order valence-electron chi connectivity index (χ4n) is 4.89. The molecule has 1 aromatic carbocycles. The van der Waals surface area contributed by atoms with Crippen molar-refractivity contribution in [3.8, 4) is 0 Å². The summed E-state index contributed by atoms with van der Waals surface area (Å²) in [4.78, 5) is 31.6. The Labute approximate surface area is 183 Å². The maximum absolute atomic E-state index is 13.4. The molecule has 2 aliphatic heterocycles. The number of thiophene rings is 1. The van der Waals surface area contributed by atoms with Crippen molar-refractivity contribution in [3.63, 3.8) is 0 Å². The summed E-state index contributed by atoms with van der Waals surface area (Å²) >= 11 is 1.60. The van der Waals surface area contributed by atoms with E-state index in [4.69, 9.17) is 0 Å². The van der Waals surface area contributed by atoms with Crippen molar-refractivity contribution in [3.05, 3.63) is 57.8 Å². The molecular formula is C24H31N3O2S. The van der Waals surface area contributed by atoms with E-state index < -0.39 is 5.92 Å². The third-order valence-electron chi connectivity index (χ3n) is 6.39. The van der Waals surface area contributed by atoms with Gasteiger partial charge in [-0.3, -0.25) is 9.59 Å². The van der Waals surface area contributed by atoms with Crippen molar-refractivity contribution >= 4 is 23.2 Å². The lowest BCUT2D eigenvalue weighted by Gasteiger charge is -2.39. The number of likely N-dealkylation sites (N-methyl/N-ethyl adjacent to an activating group) is 1. The van der Waals surface area contributed by atoms with Gasteiger partial charge in [0, 0.05) is 30.6 Å². The van der Waals surface area contributed by atoms with Crippen LogP contribution in [0.4, 0.5) is 0 Å². The summed E-state index contributed by atoms with van der Waals surface area (Å²) in [5.41, 5.74) is 1.47. The molecule has 3 unspecified atom stereocenters. The smallest absolute Gasteiger partial charge is 0.254 e. The monoisotopic (exact) mass is 425 g/mol. The number of fused-ring (bicyclic) bond motifs is 1. The van der Waals surface area contributed by atoms with Crippen LogP contribution in [-0.4, -0.2) is 54.8 Å². The molecule has 160 valence electrons. The number of carbonyl (C=O) groups excluding carboxylic acids is 2. The lowest BCUT2D eigenvalue weighted by atomic mass is 9.81. The molecule has 2 aliphatic rings. The highest BCUT2D eigenvalue weighted by Crippen LogP contribution is 2.43. The Morgan fingerprint density at radius 1 is 1.23 bits per heavy atom. The first-order valence-electron chi connectivity index (χ1n) is 11.0. The number of hydrogen-bond acceptors (Lipinski definition) is 4. The van der Waals surface area contributed by atoms with Crippen molar-refractivity contribution in [2.24, 2.45) is 5.92 Å². The van der Waals surface area contributed by atoms with Gasteiger partial charge in [0.25, 0.3) is 5.91 Å². The van der Waals surface area contributed by atoms with Crippen molar-refractivity contribution in [2.45, 2.75) is 38.1 Å². The number of nitrogens with zero attached hydrogens (tertiary/aromatic N) is 2. The molecule has 1 saturated heterocycles. The standard InChI is InChI=1S/C24H31N3O2S/c1-17-8-5-13-27(16-17)14-7-12-25-23(28)21-18-9-3-4-10-19(18)24(29)26(2)22(21)20-11-6-15-30-20/h3-4,6,9-11,15,17,21-22H,5,7-8,12-14,16H2,1-2H3,(H,25,28). The van der Waals surface area contributed by atoms with E-state index in [-0.39, 0.29) is 17.9 Å². The quantitative estimate of drug-likeness (QED) is 0.714. The molecule has 0 radical (unpaired) electrons. The molecular weight excluding hydrogens is 394 g/mol. The number of nitrogens with one attached hydrogen (secondary N) is 1. The number of hydrogen-bond donors (Lipinski definition) is 1. The second-order valence-corrected chi connectivity index (χ2v) is 9.61. The van der Waals surface area contributed by atoms with E-state index in [0.29, 0.717) is 12.1 Å². The molecule has 0 bridgehead atoms. The van der Waals surface area contributed by atoms with Crippen molar-refractivity contribution < 1.29 is 9.59 Å². The number of piperidine rings is 1. The van der Waals surface area contributed by atoms with Gasteiger partial charge in [-0.15, -0.1) is 11.3 Å². The molecule has 4 rings (SSSR count). The maximum Gasteiger partial charge on any atom is 0.254 e. The fraction of sp³-hybridized carbons (Fsp3) is 0.500. The van der Waals surface area contributed by atoms with E-state index in [1.807, 2.05) is 41.8 Å². The van der Waals surface area contributed by atoms with Gasteiger partial charge in [0.05, 0.1) is 12.0 Å². The lowest BCUT2D eigenvalue weighted by molar-refractivity contribution is -0.124. The topological polar surface area (TPSA) is 52.7 Å². The molecule has 1 aromatic heterocycles. The molecule has 0 spiro atoms. The lowest BCUT2D eigenvalue weighted by Crippen LogP contribution is -2.45. The Hall–Kier alpha value is -2.18. The average molecular weight is 426 g/mol. The Kier molecular flexibility index (Phi) is 6.54. The number of rotatable bonds is 6. The van der Waals surface area contributed by atoms with Crippen LogP contribution >= 0.6 is 11.3 Å². The largest absolute Gasteiger partial charge is 0.355 e. The number of amides is 2. The number of carbonyl (C=O) groups is 2. The van der Waals surface area contributed by atoms with Crippen molar-refractivity contribution in [2.75, 3.05) is 33.2 Å². The molecule has 2 aromatic rings. The first kappa shape index (κ1) is 21.1. The SMILES string of the molecule is CC1CCCN(CCCNC(=O)C2c3ccccc3C(=O)N(C)C2c2cccs2)C1. The molecule has 1 fully saturated rings. The third kappa shape index (κ3) is 4.30. The van der Waals surface area contributed by atoms with E-state index in [1.165, 1.54) is 19.4 Å². The van der Waals surface area contributed by atoms with Crippen LogP contribution in [0.25, 0.3) is 0 Å². The highest BCUT2D eigenvalue weighted by Gasteiger charge is 2.42. The summed E-state index contributed by atoms with van der Waals surface area (Å²) < 4.78 is 0. The minimum absolute atomic E-state index is 0.00668. The van der Waals surface area contributed by atoms with E-state index in [9.17, 15) is 9.59 Å². The molecule has 0 saturated carbocycles. The first-order valence-corrected chi connectivity index (χ1v) is 11.8. The van der Waals surface area contributed by atoms with Gasteiger partial charge < -0.3 is 15.1 Å². The van der Waals surface area contributed by atoms with Crippen LogP contribution in [0, 0.1) is 5.92 Å². The zero-order valence-corrected chi connectivity index (χ0v) is 18.7. The second kappa shape index (κ2) is 9.31.